The van der Waals surface area contributed by atoms with Gasteiger partial charge in [-0.15, -0.1) is 0 Å². The average molecular weight is 142 g/mol. The second-order valence-electron chi connectivity index (χ2n) is 3.26. The van der Waals surface area contributed by atoms with Gasteiger partial charge in [-0.3, -0.25) is 0 Å². The van der Waals surface area contributed by atoms with Gasteiger partial charge in [-0.05, 0) is 5.92 Å². The first-order chi connectivity index (χ1) is 4.66. The SMILES string of the molecule is C=[N+](C)CCC(C)CCC. The molecule has 10 heavy (non-hydrogen) atoms. The maximum Gasteiger partial charge on any atom is 0.142 e. The summed E-state index contributed by atoms with van der Waals surface area (Å²) < 4.78 is 2.01. The summed E-state index contributed by atoms with van der Waals surface area (Å²) in [5.74, 6) is 0.870. The van der Waals surface area contributed by atoms with Gasteiger partial charge in [0, 0.05) is 6.42 Å². The Morgan fingerprint density at radius 1 is 1.40 bits per heavy atom. The van der Waals surface area contributed by atoms with E-state index in [9.17, 15) is 0 Å². The second kappa shape index (κ2) is 5.45. The van der Waals surface area contributed by atoms with E-state index in [1.54, 1.807) is 0 Å². The highest BCUT2D eigenvalue weighted by Crippen LogP contribution is 2.08. The molecule has 0 aromatic rings. The Bertz CT molecular complexity index is 96.9. The molecule has 0 aliphatic carbocycles. The van der Waals surface area contributed by atoms with Crippen LogP contribution < -0.4 is 0 Å². The van der Waals surface area contributed by atoms with Crippen molar-refractivity contribution >= 4 is 6.72 Å². The van der Waals surface area contributed by atoms with Crippen LogP contribution in [0.15, 0.2) is 0 Å². The van der Waals surface area contributed by atoms with Crippen LogP contribution in [0.4, 0.5) is 0 Å². The van der Waals surface area contributed by atoms with Crippen molar-refractivity contribution in [3.8, 4) is 0 Å². The fourth-order valence-corrected chi connectivity index (χ4v) is 1.08. The van der Waals surface area contributed by atoms with Crippen molar-refractivity contribution in [2.45, 2.75) is 33.1 Å². The van der Waals surface area contributed by atoms with Gasteiger partial charge in [0.15, 0.2) is 0 Å². The minimum Gasteiger partial charge on any atom is -0.245 e. The standard InChI is InChI=1S/C9H20N/c1-5-6-9(2)7-8-10(3)4/h9H,3,5-8H2,1-2,4H3/q+1. The van der Waals surface area contributed by atoms with E-state index in [2.05, 4.69) is 20.6 Å². The minimum atomic E-state index is 0.870. The lowest BCUT2D eigenvalue weighted by Crippen LogP contribution is -2.08. The lowest BCUT2D eigenvalue weighted by Gasteiger charge is -2.06. The highest BCUT2D eigenvalue weighted by molar-refractivity contribution is 5.13. The Kier molecular flexibility index (Phi) is 5.27. The van der Waals surface area contributed by atoms with Crippen LogP contribution in [-0.2, 0) is 0 Å². The molecule has 0 saturated carbocycles. The van der Waals surface area contributed by atoms with Gasteiger partial charge in [0.05, 0.1) is 0 Å². The van der Waals surface area contributed by atoms with Gasteiger partial charge in [-0.1, -0.05) is 26.7 Å². The molecule has 0 heterocycles. The van der Waals surface area contributed by atoms with E-state index in [-0.39, 0.29) is 0 Å². The summed E-state index contributed by atoms with van der Waals surface area (Å²) in [4.78, 5) is 0. The summed E-state index contributed by atoms with van der Waals surface area (Å²) in [6.45, 7) is 9.48. The Labute approximate surface area is 64.8 Å². The number of rotatable bonds is 5. The van der Waals surface area contributed by atoms with E-state index in [1.807, 2.05) is 11.6 Å². The van der Waals surface area contributed by atoms with Gasteiger partial charge in [-0.2, -0.15) is 0 Å². The Morgan fingerprint density at radius 3 is 2.40 bits per heavy atom. The van der Waals surface area contributed by atoms with Crippen LogP contribution in [0.2, 0.25) is 0 Å². The summed E-state index contributed by atoms with van der Waals surface area (Å²) in [6.07, 6.45) is 3.95. The summed E-state index contributed by atoms with van der Waals surface area (Å²) >= 11 is 0. The maximum absolute atomic E-state index is 3.80. The fraction of sp³-hybridized carbons (Fsp3) is 0.889. The molecule has 0 fully saturated rings. The quantitative estimate of drug-likeness (QED) is 0.409. The molecule has 0 rings (SSSR count). The second-order valence-corrected chi connectivity index (χ2v) is 3.26. The molecule has 0 spiro atoms. The zero-order valence-electron chi connectivity index (χ0n) is 7.56. The van der Waals surface area contributed by atoms with Gasteiger partial charge in [-0.25, -0.2) is 4.58 Å². The third-order valence-electron chi connectivity index (χ3n) is 1.79. The molecule has 0 bridgehead atoms. The molecule has 0 amide bonds. The lowest BCUT2D eigenvalue weighted by atomic mass is 10.0. The molecule has 0 aromatic carbocycles. The summed E-state index contributed by atoms with van der Waals surface area (Å²) in [7, 11) is 2.03. The Balaban J connectivity index is 3.21. The normalized spacial score (nSPS) is 13.1. The van der Waals surface area contributed by atoms with Crippen LogP contribution in [0.3, 0.4) is 0 Å². The predicted molar refractivity (Wildman–Crippen MR) is 46.9 cm³/mol. The zero-order valence-corrected chi connectivity index (χ0v) is 7.56. The van der Waals surface area contributed by atoms with Crippen molar-refractivity contribution in [3.05, 3.63) is 0 Å². The lowest BCUT2D eigenvalue weighted by molar-refractivity contribution is -0.489. The third-order valence-corrected chi connectivity index (χ3v) is 1.79. The van der Waals surface area contributed by atoms with Crippen LogP contribution in [-0.4, -0.2) is 24.9 Å². The van der Waals surface area contributed by atoms with Gasteiger partial charge in [0.1, 0.15) is 20.3 Å². The molecule has 0 radical (unpaired) electrons. The summed E-state index contributed by atoms with van der Waals surface area (Å²) in [6, 6.07) is 0. The Morgan fingerprint density at radius 2 is 2.00 bits per heavy atom. The molecule has 0 saturated heterocycles. The minimum absolute atomic E-state index is 0.870. The van der Waals surface area contributed by atoms with Crippen molar-refractivity contribution < 1.29 is 4.58 Å². The zero-order chi connectivity index (χ0) is 7.98. The largest absolute Gasteiger partial charge is 0.245 e. The van der Waals surface area contributed by atoms with Crippen molar-refractivity contribution in [2.24, 2.45) is 5.92 Å². The van der Waals surface area contributed by atoms with Crippen LogP contribution in [0, 0.1) is 5.92 Å². The van der Waals surface area contributed by atoms with Crippen molar-refractivity contribution in [1.82, 2.24) is 0 Å². The fourth-order valence-electron chi connectivity index (χ4n) is 1.08. The first-order valence-electron chi connectivity index (χ1n) is 4.18. The highest BCUT2D eigenvalue weighted by atomic mass is 14.9. The molecule has 0 aliphatic rings. The van der Waals surface area contributed by atoms with Crippen molar-refractivity contribution in [3.63, 3.8) is 0 Å². The van der Waals surface area contributed by atoms with E-state index >= 15 is 0 Å². The number of nitrogens with zero attached hydrogens (tertiary/aromatic N) is 1. The number of hydrogen-bond donors (Lipinski definition) is 0. The summed E-state index contributed by atoms with van der Waals surface area (Å²) in [5.41, 5.74) is 0. The monoisotopic (exact) mass is 142 g/mol. The molecular formula is C9H20N+. The average Bonchev–Trinajstić information content (AvgIpc) is 1.85. The van der Waals surface area contributed by atoms with Gasteiger partial charge >= 0.3 is 0 Å². The number of hydrogen-bond acceptors (Lipinski definition) is 0. The predicted octanol–water partition coefficient (Wildman–Crippen LogP) is 2.16. The molecule has 60 valence electrons. The van der Waals surface area contributed by atoms with E-state index in [4.69, 9.17) is 0 Å². The molecular weight excluding hydrogens is 122 g/mol. The van der Waals surface area contributed by atoms with Crippen LogP contribution in [0.5, 0.6) is 0 Å². The molecule has 0 aliphatic heterocycles. The van der Waals surface area contributed by atoms with E-state index in [0.717, 1.165) is 12.5 Å². The van der Waals surface area contributed by atoms with E-state index < -0.39 is 0 Å². The first kappa shape index (κ1) is 9.67. The molecule has 0 N–H and O–H groups in total. The van der Waals surface area contributed by atoms with Gasteiger partial charge < -0.3 is 0 Å². The van der Waals surface area contributed by atoms with Crippen LogP contribution in [0.25, 0.3) is 0 Å². The molecule has 0 aromatic heterocycles. The summed E-state index contributed by atoms with van der Waals surface area (Å²) in [5, 5.41) is 0. The van der Waals surface area contributed by atoms with Crippen LogP contribution in [0.1, 0.15) is 33.1 Å². The molecule has 1 unspecified atom stereocenters. The molecule has 1 atom stereocenters. The van der Waals surface area contributed by atoms with E-state index in [1.165, 1.54) is 19.3 Å². The van der Waals surface area contributed by atoms with Gasteiger partial charge in [0.25, 0.3) is 0 Å². The topological polar surface area (TPSA) is 3.01 Å². The van der Waals surface area contributed by atoms with Crippen molar-refractivity contribution in [2.75, 3.05) is 13.6 Å². The highest BCUT2D eigenvalue weighted by Gasteiger charge is 2.01. The first-order valence-corrected chi connectivity index (χ1v) is 4.18. The molecule has 1 nitrogen and oxygen atoms in total. The van der Waals surface area contributed by atoms with Crippen molar-refractivity contribution in [1.29, 1.82) is 0 Å². The van der Waals surface area contributed by atoms with Gasteiger partial charge in [0.2, 0.25) is 0 Å². The molecule has 1 heteroatoms. The van der Waals surface area contributed by atoms with E-state index in [0.29, 0.717) is 0 Å². The third kappa shape index (κ3) is 5.80. The van der Waals surface area contributed by atoms with Crippen LogP contribution >= 0.6 is 0 Å². The smallest absolute Gasteiger partial charge is 0.142 e. The maximum atomic E-state index is 3.80. The Hall–Kier alpha value is -0.330.